The fourth-order valence-electron chi connectivity index (χ4n) is 1.83. The molecule has 2 unspecified atom stereocenters. The average Bonchev–Trinajstić information content (AvgIpc) is 2.21. The quantitative estimate of drug-likeness (QED) is 0.478. The molecule has 2 aliphatic heterocycles. The second-order valence-electron chi connectivity index (χ2n) is 3.11. The summed E-state index contributed by atoms with van der Waals surface area (Å²) in [7, 11) is 0. The highest BCUT2D eigenvalue weighted by molar-refractivity contribution is 4.91. The maximum absolute atomic E-state index is 3.52. The first kappa shape index (κ1) is 9.96. The molecular formula is C9H21N3. The van der Waals surface area contributed by atoms with Crippen LogP contribution in [0.15, 0.2) is 0 Å². The summed E-state index contributed by atoms with van der Waals surface area (Å²) in [6, 6.07) is 1.41. The molecule has 2 atom stereocenters. The summed E-state index contributed by atoms with van der Waals surface area (Å²) in [5, 5.41) is 10.4. The Morgan fingerprint density at radius 1 is 0.917 bits per heavy atom. The van der Waals surface area contributed by atoms with E-state index in [0.29, 0.717) is 6.04 Å². The molecule has 0 aromatic carbocycles. The van der Waals surface area contributed by atoms with E-state index < -0.39 is 0 Å². The summed E-state index contributed by atoms with van der Waals surface area (Å²) < 4.78 is 0. The van der Waals surface area contributed by atoms with Crippen molar-refractivity contribution in [1.82, 2.24) is 16.0 Å². The third-order valence-corrected chi connectivity index (χ3v) is 2.42. The predicted octanol–water partition coefficient (Wildman–Crippen LogP) is -0.0641. The van der Waals surface area contributed by atoms with Crippen LogP contribution < -0.4 is 16.0 Å². The van der Waals surface area contributed by atoms with E-state index >= 15 is 0 Å². The molecule has 0 spiro atoms. The number of piperidine rings is 1. The van der Waals surface area contributed by atoms with Crippen molar-refractivity contribution in [1.29, 1.82) is 0 Å². The van der Waals surface area contributed by atoms with Crippen LogP contribution in [0, 0.1) is 0 Å². The minimum absolute atomic E-state index is 0.683. The maximum Gasteiger partial charge on any atom is 0.0347 e. The van der Waals surface area contributed by atoms with E-state index in [4.69, 9.17) is 0 Å². The van der Waals surface area contributed by atoms with Gasteiger partial charge in [-0.15, -0.1) is 0 Å². The van der Waals surface area contributed by atoms with Gasteiger partial charge in [-0.25, -0.2) is 0 Å². The van der Waals surface area contributed by atoms with Crippen LogP contribution in [0.5, 0.6) is 0 Å². The lowest BCUT2D eigenvalue weighted by Gasteiger charge is -2.37. The van der Waals surface area contributed by atoms with Crippen LogP contribution in [0.2, 0.25) is 0 Å². The molecule has 3 nitrogen and oxygen atoms in total. The van der Waals surface area contributed by atoms with Crippen LogP contribution in [0.4, 0.5) is 0 Å². The zero-order valence-corrected chi connectivity index (χ0v) is 8.19. The van der Waals surface area contributed by atoms with Crippen LogP contribution in [0.3, 0.4) is 0 Å². The van der Waals surface area contributed by atoms with Gasteiger partial charge in [0.05, 0.1) is 0 Å². The largest absolute Gasteiger partial charge is 0.315 e. The van der Waals surface area contributed by atoms with Crippen LogP contribution in [0.25, 0.3) is 0 Å². The van der Waals surface area contributed by atoms with Crippen molar-refractivity contribution >= 4 is 0 Å². The molecule has 0 radical (unpaired) electrons. The fourth-order valence-corrected chi connectivity index (χ4v) is 1.83. The lowest BCUT2D eigenvalue weighted by atomic mass is 9.99. The molecule has 12 heavy (non-hydrogen) atoms. The number of piperazine rings is 1. The van der Waals surface area contributed by atoms with Crippen molar-refractivity contribution in [2.24, 2.45) is 0 Å². The molecule has 0 amide bonds. The van der Waals surface area contributed by atoms with Gasteiger partial charge < -0.3 is 16.0 Å². The molecule has 72 valence electrons. The summed E-state index contributed by atoms with van der Waals surface area (Å²) in [5.74, 6) is 0. The summed E-state index contributed by atoms with van der Waals surface area (Å²) in [6.45, 7) is 8.58. The van der Waals surface area contributed by atoms with E-state index in [1.54, 1.807) is 0 Å². The van der Waals surface area contributed by atoms with Crippen molar-refractivity contribution in [2.75, 3.05) is 26.2 Å². The first-order valence-electron chi connectivity index (χ1n) is 5.14. The zero-order valence-electron chi connectivity index (χ0n) is 8.19. The standard InChI is InChI=1S/C7H15N3.C2H6/c1-2-8-5-7-6(1)9-3-4-10-7;1-2/h6-10H,1-5H2;1-2H3. The number of hydrogen-bond acceptors (Lipinski definition) is 3. The molecule has 3 N–H and O–H groups in total. The summed E-state index contributed by atoms with van der Waals surface area (Å²) in [6.07, 6.45) is 1.28. The maximum atomic E-state index is 3.52. The van der Waals surface area contributed by atoms with Crippen molar-refractivity contribution in [3.63, 3.8) is 0 Å². The van der Waals surface area contributed by atoms with Gasteiger partial charge in [-0.2, -0.15) is 0 Å². The molecule has 0 aliphatic carbocycles. The molecule has 3 heteroatoms. The molecule has 2 heterocycles. The molecular weight excluding hydrogens is 150 g/mol. The molecule has 0 aromatic rings. The highest BCUT2D eigenvalue weighted by Crippen LogP contribution is 2.05. The Bertz CT molecular complexity index is 90.3. The molecule has 2 aliphatic rings. The number of nitrogens with one attached hydrogen (secondary N) is 3. The minimum Gasteiger partial charge on any atom is -0.315 e. The SMILES string of the molecule is C1CC2NCCNC2CN1.CC. The normalized spacial score (nSPS) is 34.5. The van der Waals surface area contributed by atoms with Crippen molar-refractivity contribution in [3.05, 3.63) is 0 Å². The topological polar surface area (TPSA) is 36.1 Å². The second kappa shape index (κ2) is 5.51. The van der Waals surface area contributed by atoms with Crippen LogP contribution in [0.1, 0.15) is 20.3 Å². The lowest BCUT2D eigenvalue weighted by Crippen LogP contribution is -2.62. The van der Waals surface area contributed by atoms with E-state index in [9.17, 15) is 0 Å². The Labute approximate surface area is 75.3 Å². The van der Waals surface area contributed by atoms with Gasteiger partial charge in [0.15, 0.2) is 0 Å². The number of hydrogen-bond donors (Lipinski definition) is 3. The van der Waals surface area contributed by atoms with Crippen LogP contribution in [-0.4, -0.2) is 38.3 Å². The monoisotopic (exact) mass is 171 g/mol. The van der Waals surface area contributed by atoms with Crippen LogP contribution in [-0.2, 0) is 0 Å². The Kier molecular flexibility index (Phi) is 4.58. The second-order valence-corrected chi connectivity index (χ2v) is 3.11. The molecule has 2 rings (SSSR count). The van der Waals surface area contributed by atoms with E-state index in [1.165, 1.54) is 13.0 Å². The predicted molar refractivity (Wildman–Crippen MR) is 52.4 cm³/mol. The third-order valence-electron chi connectivity index (χ3n) is 2.42. The van der Waals surface area contributed by atoms with Gasteiger partial charge in [0.2, 0.25) is 0 Å². The fraction of sp³-hybridized carbons (Fsp3) is 1.00. The molecule has 0 saturated carbocycles. The van der Waals surface area contributed by atoms with Gasteiger partial charge in [-0.05, 0) is 13.0 Å². The smallest absolute Gasteiger partial charge is 0.0347 e. The Morgan fingerprint density at radius 3 is 2.25 bits per heavy atom. The van der Waals surface area contributed by atoms with Crippen molar-refractivity contribution in [2.45, 2.75) is 32.4 Å². The lowest BCUT2D eigenvalue weighted by molar-refractivity contribution is 0.264. The number of rotatable bonds is 0. The van der Waals surface area contributed by atoms with E-state index in [0.717, 1.165) is 25.7 Å². The average molecular weight is 171 g/mol. The Morgan fingerprint density at radius 2 is 1.58 bits per heavy atom. The highest BCUT2D eigenvalue weighted by atomic mass is 15.1. The first-order valence-corrected chi connectivity index (χ1v) is 5.14. The van der Waals surface area contributed by atoms with E-state index in [1.807, 2.05) is 13.8 Å². The first-order chi connectivity index (χ1) is 5.97. The Balaban J connectivity index is 0.000000336. The Hall–Kier alpha value is -0.120. The summed E-state index contributed by atoms with van der Waals surface area (Å²) in [5.41, 5.74) is 0. The van der Waals surface area contributed by atoms with Gasteiger partial charge in [-0.3, -0.25) is 0 Å². The molecule has 2 fully saturated rings. The van der Waals surface area contributed by atoms with Gasteiger partial charge in [-0.1, -0.05) is 13.8 Å². The van der Waals surface area contributed by atoms with Gasteiger partial charge in [0, 0.05) is 31.7 Å². The molecule has 0 aromatic heterocycles. The number of fused-ring (bicyclic) bond motifs is 1. The third kappa shape index (κ3) is 2.44. The summed E-state index contributed by atoms with van der Waals surface area (Å²) in [4.78, 5) is 0. The van der Waals surface area contributed by atoms with E-state index in [2.05, 4.69) is 16.0 Å². The summed E-state index contributed by atoms with van der Waals surface area (Å²) >= 11 is 0. The molecule has 2 saturated heterocycles. The zero-order chi connectivity index (χ0) is 8.81. The highest BCUT2D eigenvalue weighted by Gasteiger charge is 2.25. The van der Waals surface area contributed by atoms with Crippen LogP contribution >= 0.6 is 0 Å². The molecule has 0 bridgehead atoms. The van der Waals surface area contributed by atoms with E-state index in [-0.39, 0.29) is 0 Å². The van der Waals surface area contributed by atoms with Gasteiger partial charge >= 0.3 is 0 Å². The van der Waals surface area contributed by atoms with Gasteiger partial charge in [0.1, 0.15) is 0 Å². The van der Waals surface area contributed by atoms with Crippen molar-refractivity contribution < 1.29 is 0 Å². The minimum atomic E-state index is 0.683. The van der Waals surface area contributed by atoms with Crippen molar-refractivity contribution in [3.8, 4) is 0 Å². The van der Waals surface area contributed by atoms with Gasteiger partial charge in [0.25, 0.3) is 0 Å².